The Labute approximate surface area is 269 Å². The highest BCUT2D eigenvalue weighted by Crippen LogP contribution is 2.27. The Balaban J connectivity index is 1.16. The highest BCUT2D eigenvalue weighted by Gasteiger charge is 2.39. The highest BCUT2D eigenvalue weighted by atomic mass is 35.5. The summed E-state index contributed by atoms with van der Waals surface area (Å²) in [6.45, 7) is 4.13. The topological polar surface area (TPSA) is 74.3 Å². The number of nitrogens with one attached hydrogen (secondary N) is 1. The van der Waals surface area contributed by atoms with Gasteiger partial charge in [0.2, 0.25) is 0 Å². The number of likely N-dealkylation sites (tertiary alicyclic amines) is 1. The molecular weight excluding hydrogens is 588 g/mol. The van der Waals surface area contributed by atoms with Crippen molar-refractivity contribution in [2.24, 2.45) is 0 Å². The van der Waals surface area contributed by atoms with Crippen molar-refractivity contribution in [1.82, 2.24) is 9.80 Å². The molecule has 2 aliphatic heterocycles. The third-order valence-electron chi connectivity index (χ3n) is 8.58. The second kappa shape index (κ2) is 14.1. The van der Waals surface area contributed by atoms with Crippen LogP contribution in [0.3, 0.4) is 0 Å². The van der Waals surface area contributed by atoms with Gasteiger partial charge in [-0.1, -0.05) is 66.2 Å². The van der Waals surface area contributed by atoms with Gasteiger partial charge in [0.15, 0.2) is 0 Å². The van der Waals surface area contributed by atoms with E-state index in [2.05, 4.69) is 21.2 Å². The van der Waals surface area contributed by atoms with Gasteiger partial charge in [-0.25, -0.2) is 9.59 Å². The standard InChI is InChI=1S/C36H37ClN4O4/c1-44-32-12-6-10-30(24-32)38-36(43)41-18-17-33(40-21-19-39(20-22-40)31-11-5-9-29(37)23-31)34(25-41)45-35(42)28-15-13-27(14-16-28)26-7-3-2-4-8-26/h2-16,23-24,33-34H,17-22,25H2,1H3,(H,38,43)/t33-,34-/m1/s1. The average molecular weight is 625 g/mol. The Hall–Kier alpha value is -4.53. The molecule has 0 saturated carbocycles. The Morgan fingerprint density at radius 2 is 1.53 bits per heavy atom. The summed E-state index contributed by atoms with van der Waals surface area (Å²) in [5.41, 5.74) is 4.34. The van der Waals surface area contributed by atoms with Gasteiger partial charge in [0.1, 0.15) is 11.9 Å². The first-order valence-corrected chi connectivity index (χ1v) is 15.7. The molecule has 4 aromatic carbocycles. The molecule has 0 radical (unpaired) electrons. The van der Waals surface area contributed by atoms with E-state index in [9.17, 15) is 9.59 Å². The van der Waals surface area contributed by atoms with Gasteiger partial charge < -0.3 is 24.6 Å². The average Bonchev–Trinajstić information content (AvgIpc) is 3.09. The number of rotatable bonds is 7. The number of amides is 2. The van der Waals surface area contributed by atoms with Crippen LogP contribution in [0.25, 0.3) is 11.1 Å². The first kappa shape index (κ1) is 30.5. The van der Waals surface area contributed by atoms with Crippen molar-refractivity contribution in [3.63, 3.8) is 0 Å². The number of piperidine rings is 1. The first-order valence-electron chi connectivity index (χ1n) is 15.3. The number of piperazine rings is 1. The molecule has 0 spiro atoms. The van der Waals surface area contributed by atoms with Crippen molar-refractivity contribution in [2.45, 2.75) is 18.6 Å². The van der Waals surface area contributed by atoms with Crippen LogP contribution < -0.4 is 15.0 Å². The Morgan fingerprint density at radius 1 is 0.800 bits per heavy atom. The van der Waals surface area contributed by atoms with Crippen LogP contribution in [0.15, 0.2) is 103 Å². The fraction of sp³-hybridized carbons (Fsp3) is 0.278. The molecular formula is C36H37ClN4O4. The number of carbonyl (C=O) groups excluding carboxylic acids is 2. The van der Waals surface area contributed by atoms with E-state index in [-0.39, 0.29) is 12.1 Å². The second-order valence-electron chi connectivity index (χ2n) is 11.4. The molecule has 0 aromatic heterocycles. The Bertz CT molecular complexity index is 1610. The summed E-state index contributed by atoms with van der Waals surface area (Å²) in [4.78, 5) is 33.3. The predicted molar refractivity (Wildman–Crippen MR) is 178 cm³/mol. The molecule has 45 heavy (non-hydrogen) atoms. The zero-order valence-electron chi connectivity index (χ0n) is 25.3. The number of anilines is 2. The van der Waals surface area contributed by atoms with Crippen molar-refractivity contribution in [3.8, 4) is 16.9 Å². The van der Waals surface area contributed by atoms with Crippen molar-refractivity contribution in [3.05, 3.63) is 114 Å². The third kappa shape index (κ3) is 7.41. The SMILES string of the molecule is COc1cccc(NC(=O)N2CC[C@@H](N3CCN(c4cccc(Cl)c4)CC3)[C@H](OC(=O)c3ccc(-c4ccccc4)cc3)C2)c1. The van der Waals surface area contributed by atoms with Crippen LogP contribution in [0, 0.1) is 0 Å². The van der Waals surface area contributed by atoms with Crippen LogP contribution in [0.4, 0.5) is 16.2 Å². The number of nitrogens with zero attached hydrogens (tertiary/aromatic N) is 3. The molecule has 2 heterocycles. The molecule has 4 aromatic rings. The summed E-state index contributed by atoms with van der Waals surface area (Å²) in [5, 5.41) is 3.69. The van der Waals surface area contributed by atoms with E-state index in [1.165, 1.54) is 0 Å². The van der Waals surface area contributed by atoms with Gasteiger partial charge in [-0.15, -0.1) is 0 Å². The monoisotopic (exact) mass is 624 g/mol. The number of urea groups is 1. The molecule has 2 aliphatic rings. The Kier molecular flexibility index (Phi) is 9.52. The van der Waals surface area contributed by atoms with Gasteiger partial charge in [0, 0.05) is 55.2 Å². The molecule has 0 aliphatic carbocycles. The van der Waals surface area contributed by atoms with Crippen LogP contribution >= 0.6 is 11.6 Å². The van der Waals surface area contributed by atoms with E-state index in [1.54, 1.807) is 30.2 Å². The van der Waals surface area contributed by atoms with Crippen LogP contribution in [0.1, 0.15) is 16.8 Å². The van der Waals surface area contributed by atoms with Gasteiger partial charge in [-0.05, 0) is 60.0 Å². The van der Waals surface area contributed by atoms with Crippen LogP contribution in [-0.2, 0) is 4.74 Å². The quantitative estimate of drug-likeness (QED) is 0.232. The van der Waals surface area contributed by atoms with E-state index < -0.39 is 12.1 Å². The molecule has 232 valence electrons. The molecule has 2 amide bonds. The summed E-state index contributed by atoms with van der Waals surface area (Å²) in [5.74, 6) is 0.269. The van der Waals surface area contributed by atoms with Crippen LogP contribution in [-0.4, -0.2) is 80.3 Å². The summed E-state index contributed by atoms with van der Waals surface area (Å²) in [7, 11) is 1.59. The number of benzene rings is 4. The van der Waals surface area contributed by atoms with Crippen molar-refractivity contribution in [1.29, 1.82) is 0 Å². The van der Waals surface area contributed by atoms with Crippen molar-refractivity contribution >= 4 is 35.0 Å². The van der Waals surface area contributed by atoms with E-state index in [0.717, 1.165) is 48.0 Å². The predicted octanol–water partition coefficient (Wildman–Crippen LogP) is 6.67. The number of hydrogen-bond donors (Lipinski definition) is 1. The maximum atomic E-state index is 13.5. The smallest absolute Gasteiger partial charge is 0.338 e. The lowest BCUT2D eigenvalue weighted by Gasteiger charge is -2.46. The van der Waals surface area contributed by atoms with E-state index in [4.69, 9.17) is 21.1 Å². The number of halogens is 1. The third-order valence-corrected chi connectivity index (χ3v) is 8.81. The summed E-state index contributed by atoms with van der Waals surface area (Å²) < 4.78 is 11.5. The lowest BCUT2D eigenvalue weighted by Crippen LogP contribution is -2.60. The molecule has 2 atom stereocenters. The van der Waals surface area contributed by atoms with Gasteiger partial charge in [-0.2, -0.15) is 0 Å². The fourth-order valence-electron chi connectivity index (χ4n) is 6.14. The van der Waals surface area contributed by atoms with Crippen molar-refractivity contribution < 1.29 is 19.1 Å². The normalized spacial score (nSPS) is 18.7. The zero-order chi connectivity index (χ0) is 31.2. The molecule has 0 unspecified atom stereocenters. The van der Waals surface area contributed by atoms with E-state index in [1.807, 2.05) is 78.9 Å². The maximum absolute atomic E-state index is 13.5. The minimum atomic E-state index is -0.492. The minimum absolute atomic E-state index is 0.0140. The van der Waals surface area contributed by atoms with Gasteiger partial charge in [0.05, 0.1) is 25.3 Å². The number of methoxy groups -OCH3 is 1. The van der Waals surface area contributed by atoms with Crippen LogP contribution in [0.5, 0.6) is 5.75 Å². The first-order chi connectivity index (χ1) is 22.0. The van der Waals surface area contributed by atoms with E-state index >= 15 is 0 Å². The molecule has 2 saturated heterocycles. The van der Waals surface area contributed by atoms with Crippen molar-refractivity contribution in [2.75, 3.05) is 56.6 Å². The molecule has 8 nitrogen and oxygen atoms in total. The number of hydrogen-bond acceptors (Lipinski definition) is 6. The summed E-state index contributed by atoms with van der Waals surface area (Å²) >= 11 is 6.25. The molecule has 9 heteroatoms. The summed E-state index contributed by atoms with van der Waals surface area (Å²) in [6, 6.07) is 32.5. The van der Waals surface area contributed by atoms with E-state index in [0.29, 0.717) is 36.5 Å². The highest BCUT2D eigenvalue weighted by molar-refractivity contribution is 6.30. The number of ether oxygens (including phenoxy) is 2. The fourth-order valence-corrected chi connectivity index (χ4v) is 6.33. The van der Waals surface area contributed by atoms with Gasteiger partial charge in [-0.3, -0.25) is 4.90 Å². The zero-order valence-corrected chi connectivity index (χ0v) is 26.0. The number of carbonyl (C=O) groups is 2. The minimum Gasteiger partial charge on any atom is -0.497 e. The second-order valence-corrected chi connectivity index (χ2v) is 11.8. The molecule has 6 rings (SSSR count). The summed E-state index contributed by atoms with van der Waals surface area (Å²) in [6.07, 6.45) is 0.196. The maximum Gasteiger partial charge on any atom is 0.338 e. The molecule has 0 bridgehead atoms. The number of esters is 1. The lowest BCUT2D eigenvalue weighted by molar-refractivity contribution is -0.0302. The van der Waals surface area contributed by atoms with Gasteiger partial charge >= 0.3 is 12.0 Å². The lowest BCUT2D eigenvalue weighted by atomic mass is 9.98. The molecule has 1 N–H and O–H groups in total. The molecule has 2 fully saturated rings. The van der Waals surface area contributed by atoms with Gasteiger partial charge in [0.25, 0.3) is 0 Å². The Morgan fingerprint density at radius 3 is 2.27 bits per heavy atom. The van der Waals surface area contributed by atoms with Crippen LogP contribution in [0.2, 0.25) is 5.02 Å². The largest absolute Gasteiger partial charge is 0.497 e.